The summed E-state index contributed by atoms with van der Waals surface area (Å²) < 4.78 is 0.970. The molecule has 3 atom stereocenters. The third kappa shape index (κ3) is 3.28. The minimum Gasteiger partial charge on any atom is -0.388 e. The van der Waals surface area contributed by atoms with Gasteiger partial charge in [-0.1, -0.05) is 41.4 Å². The van der Waals surface area contributed by atoms with E-state index in [4.69, 9.17) is 11.6 Å². The van der Waals surface area contributed by atoms with Crippen molar-refractivity contribution in [1.29, 1.82) is 0 Å². The Morgan fingerprint density at radius 1 is 1.22 bits per heavy atom. The Kier molecular flexibility index (Phi) is 4.74. The van der Waals surface area contributed by atoms with Crippen molar-refractivity contribution in [1.82, 2.24) is 0 Å². The fraction of sp³-hybridized carbons (Fsp3) is 0.600. The SMILES string of the molecule is CC1CC(C)CC(C(O)c2cc(Br)ccc2Cl)C1. The number of rotatable bonds is 2. The van der Waals surface area contributed by atoms with Crippen LogP contribution in [0.2, 0.25) is 5.02 Å². The number of halogens is 2. The molecule has 0 aliphatic heterocycles. The third-order valence-electron chi connectivity index (χ3n) is 3.94. The van der Waals surface area contributed by atoms with Gasteiger partial charge in [-0.05, 0) is 55.2 Å². The molecule has 0 radical (unpaired) electrons. The van der Waals surface area contributed by atoms with E-state index in [0.29, 0.717) is 22.8 Å². The molecule has 1 saturated carbocycles. The van der Waals surface area contributed by atoms with Crippen LogP contribution < -0.4 is 0 Å². The summed E-state index contributed by atoms with van der Waals surface area (Å²) in [5.41, 5.74) is 0.859. The molecule has 1 aromatic rings. The van der Waals surface area contributed by atoms with Crippen LogP contribution in [0.3, 0.4) is 0 Å². The molecule has 0 heterocycles. The van der Waals surface area contributed by atoms with E-state index in [1.54, 1.807) is 0 Å². The van der Waals surface area contributed by atoms with Crippen molar-refractivity contribution in [3.8, 4) is 0 Å². The largest absolute Gasteiger partial charge is 0.388 e. The minimum atomic E-state index is -0.444. The number of benzene rings is 1. The van der Waals surface area contributed by atoms with E-state index >= 15 is 0 Å². The minimum absolute atomic E-state index is 0.329. The lowest BCUT2D eigenvalue weighted by molar-refractivity contribution is 0.0552. The topological polar surface area (TPSA) is 20.2 Å². The van der Waals surface area contributed by atoms with Gasteiger partial charge in [-0.3, -0.25) is 0 Å². The highest BCUT2D eigenvalue weighted by Gasteiger charge is 2.30. The lowest BCUT2D eigenvalue weighted by atomic mass is 9.73. The van der Waals surface area contributed by atoms with Crippen molar-refractivity contribution in [2.45, 2.75) is 39.2 Å². The predicted octanol–water partition coefficient (Wildman–Crippen LogP) is 5.21. The summed E-state index contributed by atoms with van der Waals surface area (Å²) in [5.74, 6) is 1.72. The molecule has 2 rings (SSSR count). The van der Waals surface area contributed by atoms with Crippen LogP contribution in [0, 0.1) is 17.8 Å². The Morgan fingerprint density at radius 3 is 2.44 bits per heavy atom. The molecule has 1 nitrogen and oxygen atoms in total. The summed E-state index contributed by atoms with van der Waals surface area (Å²) in [5, 5.41) is 11.2. The van der Waals surface area contributed by atoms with E-state index in [0.717, 1.165) is 22.9 Å². The van der Waals surface area contributed by atoms with E-state index in [1.165, 1.54) is 6.42 Å². The monoisotopic (exact) mass is 330 g/mol. The molecule has 1 aromatic carbocycles. The third-order valence-corrected chi connectivity index (χ3v) is 4.78. The summed E-state index contributed by atoms with van der Waals surface area (Å²) in [6, 6.07) is 5.70. The van der Waals surface area contributed by atoms with Gasteiger partial charge in [0.15, 0.2) is 0 Å². The van der Waals surface area contributed by atoms with Crippen LogP contribution in [-0.4, -0.2) is 5.11 Å². The molecule has 0 amide bonds. The maximum absolute atomic E-state index is 10.6. The van der Waals surface area contributed by atoms with Gasteiger partial charge < -0.3 is 5.11 Å². The molecule has 1 aliphatic carbocycles. The number of aliphatic hydroxyl groups is 1. The van der Waals surface area contributed by atoms with E-state index in [9.17, 15) is 5.11 Å². The Hall–Kier alpha value is -0.0500. The van der Waals surface area contributed by atoms with Crippen LogP contribution in [0.5, 0.6) is 0 Å². The van der Waals surface area contributed by atoms with Gasteiger partial charge >= 0.3 is 0 Å². The number of aliphatic hydroxyl groups excluding tert-OH is 1. The van der Waals surface area contributed by atoms with Crippen LogP contribution >= 0.6 is 27.5 Å². The first kappa shape index (κ1) is 14.4. The first-order valence-corrected chi connectivity index (χ1v) is 7.77. The summed E-state index contributed by atoms with van der Waals surface area (Å²) in [7, 11) is 0. The summed E-state index contributed by atoms with van der Waals surface area (Å²) in [6.07, 6.45) is 3.01. The highest BCUT2D eigenvalue weighted by atomic mass is 79.9. The number of hydrogen-bond donors (Lipinski definition) is 1. The molecule has 100 valence electrons. The quantitative estimate of drug-likeness (QED) is 0.789. The molecule has 18 heavy (non-hydrogen) atoms. The Morgan fingerprint density at radius 2 is 1.83 bits per heavy atom. The molecule has 0 saturated heterocycles. The second kappa shape index (κ2) is 5.94. The van der Waals surface area contributed by atoms with Crippen molar-refractivity contribution in [3.63, 3.8) is 0 Å². The van der Waals surface area contributed by atoms with E-state index in [1.807, 2.05) is 18.2 Å². The maximum atomic E-state index is 10.6. The molecular weight excluding hydrogens is 312 g/mol. The summed E-state index contributed by atoms with van der Waals surface area (Å²) >= 11 is 9.64. The predicted molar refractivity (Wildman–Crippen MR) is 79.8 cm³/mol. The molecule has 1 fully saturated rings. The smallest absolute Gasteiger partial charge is 0.0833 e. The molecule has 1 aliphatic rings. The average molecular weight is 332 g/mol. The molecule has 0 spiro atoms. The van der Waals surface area contributed by atoms with Gasteiger partial charge in [0.1, 0.15) is 0 Å². The van der Waals surface area contributed by atoms with Gasteiger partial charge in [0, 0.05) is 15.1 Å². The molecule has 3 heteroatoms. The van der Waals surface area contributed by atoms with Gasteiger partial charge in [0.05, 0.1) is 6.10 Å². The molecule has 0 bridgehead atoms. The van der Waals surface area contributed by atoms with E-state index < -0.39 is 6.10 Å². The normalized spacial score (nSPS) is 30.2. The molecule has 1 N–H and O–H groups in total. The zero-order chi connectivity index (χ0) is 13.3. The highest BCUT2D eigenvalue weighted by Crippen LogP contribution is 2.41. The zero-order valence-electron chi connectivity index (χ0n) is 10.9. The van der Waals surface area contributed by atoms with Gasteiger partial charge in [0.25, 0.3) is 0 Å². The van der Waals surface area contributed by atoms with E-state index in [-0.39, 0.29) is 0 Å². The van der Waals surface area contributed by atoms with Gasteiger partial charge in [-0.15, -0.1) is 0 Å². The van der Waals surface area contributed by atoms with Crippen LogP contribution in [0.4, 0.5) is 0 Å². The second-order valence-electron chi connectivity index (χ2n) is 5.79. The van der Waals surface area contributed by atoms with Crippen molar-refractivity contribution < 1.29 is 5.11 Å². The standard InChI is InChI=1S/C15H20BrClO/c1-9-5-10(2)7-11(6-9)15(18)13-8-12(16)3-4-14(13)17/h3-4,8-11,15,18H,5-7H2,1-2H3. The Balaban J connectivity index is 2.19. The lowest BCUT2D eigenvalue weighted by Gasteiger charge is -2.34. The van der Waals surface area contributed by atoms with Crippen molar-refractivity contribution in [2.75, 3.05) is 0 Å². The van der Waals surface area contributed by atoms with Crippen molar-refractivity contribution >= 4 is 27.5 Å². The lowest BCUT2D eigenvalue weighted by Crippen LogP contribution is -2.24. The molecule has 0 aromatic heterocycles. The fourth-order valence-corrected chi connectivity index (χ4v) is 3.87. The highest BCUT2D eigenvalue weighted by molar-refractivity contribution is 9.10. The molecule has 3 unspecified atom stereocenters. The number of hydrogen-bond acceptors (Lipinski definition) is 1. The van der Waals surface area contributed by atoms with Gasteiger partial charge in [-0.25, -0.2) is 0 Å². The summed E-state index contributed by atoms with van der Waals surface area (Å²) in [4.78, 5) is 0. The second-order valence-corrected chi connectivity index (χ2v) is 7.11. The average Bonchev–Trinajstić information content (AvgIpc) is 2.30. The van der Waals surface area contributed by atoms with Crippen molar-refractivity contribution in [2.24, 2.45) is 17.8 Å². The zero-order valence-corrected chi connectivity index (χ0v) is 13.2. The van der Waals surface area contributed by atoms with Gasteiger partial charge in [0.2, 0.25) is 0 Å². The first-order chi connectivity index (χ1) is 8.47. The van der Waals surface area contributed by atoms with Crippen molar-refractivity contribution in [3.05, 3.63) is 33.3 Å². The molecular formula is C15H20BrClO. The Labute approximate surface area is 123 Å². The first-order valence-electron chi connectivity index (χ1n) is 6.60. The van der Waals surface area contributed by atoms with Crippen LogP contribution in [0.1, 0.15) is 44.8 Å². The summed E-state index contributed by atoms with van der Waals surface area (Å²) in [6.45, 7) is 4.55. The maximum Gasteiger partial charge on any atom is 0.0833 e. The van der Waals surface area contributed by atoms with Gasteiger partial charge in [-0.2, -0.15) is 0 Å². The van der Waals surface area contributed by atoms with Crippen LogP contribution in [0.15, 0.2) is 22.7 Å². The Bertz CT molecular complexity index is 411. The fourth-order valence-electron chi connectivity index (χ4n) is 3.26. The van der Waals surface area contributed by atoms with Crippen LogP contribution in [0.25, 0.3) is 0 Å². The van der Waals surface area contributed by atoms with Crippen LogP contribution in [-0.2, 0) is 0 Å². The van der Waals surface area contributed by atoms with E-state index in [2.05, 4.69) is 29.8 Å².